The van der Waals surface area contributed by atoms with Crippen LogP contribution in [-0.2, 0) is 28.1 Å². The third-order valence-electron chi connectivity index (χ3n) is 7.89. The van der Waals surface area contributed by atoms with Gasteiger partial charge in [-0.15, -0.1) is 11.3 Å². The number of aromatic nitrogens is 2. The third kappa shape index (κ3) is 5.77. The van der Waals surface area contributed by atoms with E-state index in [4.69, 9.17) is 20.0 Å². The van der Waals surface area contributed by atoms with Gasteiger partial charge in [-0.05, 0) is 61.1 Å². The average Bonchev–Trinajstić information content (AvgIpc) is 3.64. The molecule has 2 atom stereocenters. The van der Waals surface area contributed by atoms with Gasteiger partial charge >= 0.3 is 14.0 Å². The van der Waals surface area contributed by atoms with Gasteiger partial charge in [0.05, 0.1) is 17.2 Å². The van der Waals surface area contributed by atoms with E-state index in [1.165, 1.54) is 11.3 Å². The van der Waals surface area contributed by atoms with Crippen LogP contribution < -0.4 is 5.73 Å². The van der Waals surface area contributed by atoms with Crippen molar-refractivity contribution in [2.45, 2.75) is 56.2 Å². The zero-order chi connectivity index (χ0) is 29.0. The molecule has 2 aromatic heterocycles. The Labute approximate surface area is 237 Å². The van der Waals surface area contributed by atoms with Gasteiger partial charge in [-0.2, -0.15) is 13.2 Å². The van der Waals surface area contributed by atoms with E-state index in [1.54, 1.807) is 30.3 Å². The van der Waals surface area contributed by atoms with Crippen LogP contribution in [0.2, 0.25) is 0 Å². The van der Waals surface area contributed by atoms with E-state index < -0.39 is 25.1 Å². The number of aryl methyl sites for hydroxylation is 2. The molecule has 0 saturated heterocycles. The lowest BCUT2D eigenvalue weighted by atomic mass is 9.87. The van der Waals surface area contributed by atoms with Crippen molar-refractivity contribution in [1.82, 2.24) is 10.1 Å². The van der Waals surface area contributed by atoms with Crippen molar-refractivity contribution in [1.29, 1.82) is 0 Å². The van der Waals surface area contributed by atoms with Gasteiger partial charge < -0.3 is 20.0 Å². The predicted octanol–water partition coefficient (Wildman–Crippen LogP) is 6.71. The van der Waals surface area contributed by atoms with Gasteiger partial charge in [0.1, 0.15) is 10.6 Å². The molecule has 8 nitrogen and oxygen atoms in total. The van der Waals surface area contributed by atoms with E-state index in [0.717, 1.165) is 33.7 Å². The van der Waals surface area contributed by atoms with Gasteiger partial charge in [-0.25, -0.2) is 9.55 Å². The third-order valence-corrected chi connectivity index (χ3v) is 9.55. The molecule has 4 aromatic rings. The number of halogens is 3. The number of alkyl halides is 3. The van der Waals surface area contributed by atoms with Crippen molar-refractivity contribution in [3.05, 3.63) is 70.9 Å². The minimum absolute atomic E-state index is 0.109. The average molecular weight is 606 g/mol. The lowest BCUT2D eigenvalue weighted by Gasteiger charge is -2.24. The molecule has 1 saturated carbocycles. The number of thiazole rings is 1. The van der Waals surface area contributed by atoms with E-state index >= 15 is 0 Å². The quantitative estimate of drug-likeness (QED) is 0.198. The molecule has 2 aromatic carbocycles. The first kappa shape index (κ1) is 28.3. The Morgan fingerprint density at radius 2 is 1.95 bits per heavy atom. The molecule has 0 radical (unpaired) electrons. The summed E-state index contributed by atoms with van der Waals surface area (Å²) in [6, 6.07) is 14.3. The van der Waals surface area contributed by atoms with Crippen LogP contribution in [-0.4, -0.2) is 32.1 Å². The summed E-state index contributed by atoms with van der Waals surface area (Å²) in [6.07, 6.45) is -0.804. The maximum atomic E-state index is 14.2. The van der Waals surface area contributed by atoms with Crippen molar-refractivity contribution < 1.29 is 36.6 Å². The number of phosphoric ester groups is 1. The van der Waals surface area contributed by atoms with Crippen molar-refractivity contribution in [2.75, 3.05) is 6.61 Å². The van der Waals surface area contributed by atoms with Gasteiger partial charge in [0.15, 0.2) is 11.5 Å². The lowest BCUT2D eigenvalue weighted by Crippen LogP contribution is -2.37. The number of hydrogen-bond acceptors (Lipinski definition) is 7. The van der Waals surface area contributed by atoms with Crippen LogP contribution in [0.3, 0.4) is 0 Å². The molecule has 2 unspecified atom stereocenters. The summed E-state index contributed by atoms with van der Waals surface area (Å²) >= 11 is 1.19. The van der Waals surface area contributed by atoms with Crippen molar-refractivity contribution >= 4 is 19.2 Å². The molecule has 41 heavy (non-hydrogen) atoms. The smallest absolute Gasteiger partial charge is 0.355 e. The van der Waals surface area contributed by atoms with E-state index in [2.05, 4.69) is 20.7 Å². The second-order valence-corrected chi connectivity index (χ2v) is 12.9. The van der Waals surface area contributed by atoms with Gasteiger partial charge in [0, 0.05) is 11.1 Å². The first-order valence-electron chi connectivity index (χ1n) is 13.1. The molecular formula is C28H27F3N3O5PS. The Morgan fingerprint density at radius 1 is 1.17 bits per heavy atom. The minimum atomic E-state index is -4.68. The minimum Gasteiger partial charge on any atom is -0.355 e. The number of benzene rings is 2. The van der Waals surface area contributed by atoms with E-state index in [9.17, 15) is 17.7 Å². The summed E-state index contributed by atoms with van der Waals surface area (Å²) in [5, 5.41) is 4.00. The molecular weight excluding hydrogens is 578 g/mol. The van der Waals surface area contributed by atoms with Crippen LogP contribution in [0.1, 0.15) is 54.0 Å². The molecule has 2 heterocycles. The highest BCUT2D eigenvalue weighted by Crippen LogP contribution is 2.48. The van der Waals surface area contributed by atoms with Gasteiger partial charge in [0.2, 0.25) is 0 Å². The Morgan fingerprint density at radius 3 is 2.68 bits per heavy atom. The zero-order valence-corrected chi connectivity index (χ0v) is 23.4. The van der Waals surface area contributed by atoms with E-state index in [-0.39, 0.29) is 29.0 Å². The SMILES string of the molecule is NC1(CCOP(=O)(O)O)CCC(c2ccc3c(c2)CCc2nc(-c4noc(-c5ccccc5)c4C(F)(F)F)sc2-3)C1. The van der Waals surface area contributed by atoms with Gasteiger partial charge in [-0.3, -0.25) is 4.52 Å². The number of nitrogens with zero attached hydrogens (tertiary/aromatic N) is 2. The van der Waals surface area contributed by atoms with Gasteiger partial charge in [-0.1, -0.05) is 53.7 Å². The predicted molar refractivity (Wildman–Crippen MR) is 147 cm³/mol. The summed E-state index contributed by atoms with van der Waals surface area (Å²) in [7, 11) is -4.53. The van der Waals surface area contributed by atoms with Crippen molar-refractivity contribution in [3.8, 4) is 32.5 Å². The summed E-state index contributed by atoms with van der Waals surface area (Å²) in [5.74, 6) is -0.133. The first-order chi connectivity index (χ1) is 19.4. The van der Waals surface area contributed by atoms with Crippen LogP contribution in [0, 0.1) is 0 Å². The number of phosphoric acid groups is 1. The topological polar surface area (TPSA) is 132 Å². The fourth-order valence-electron chi connectivity index (χ4n) is 5.90. The van der Waals surface area contributed by atoms with Crippen LogP contribution >= 0.6 is 19.2 Å². The largest absolute Gasteiger partial charge is 0.469 e. The summed E-state index contributed by atoms with van der Waals surface area (Å²) < 4.78 is 63.5. The Kier molecular flexibility index (Phi) is 7.20. The summed E-state index contributed by atoms with van der Waals surface area (Å²) in [5.41, 5.74) is 8.94. The van der Waals surface area contributed by atoms with Crippen LogP contribution in [0.25, 0.3) is 32.5 Å². The van der Waals surface area contributed by atoms with Crippen LogP contribution in [0.4, 0.5) is 13.2 Å². The summed E-state index contributed by atoms with van der Waals surface area (Å²) in [6.45, 7) is -0.109. The molecule has 2 aliphatic carbocycles. The van der Waals surface area contributed by atoms with Gasteiger partial charge in [0.25, 0.3) is 0 Å². The van der Waals surface area contributed by atoms with E-state index in [0.29, 0.717) is 37.7 Å². The van der Waals surface area contributed by atoms with E-state index in [1.807, 2.05) is 12.1 Å². The number of fused-ring (bicyclic) bond motifs is 3. The van der Waals surface area contributed by atoms with Crippen LogP contribution in [0.5, 0.6) is 0 Å². The Hall–Kier alpha value is -2.86. The van der Waals surface area contributed by atoms with Crippen LogP contribution in [0.15, 0.2) is 53.1 Å². The highest BCUT2D eigenvalue weighted by atomic mass is 32.1. The highest BCUT2D eigenvalue weighted by Gasteiger charge is 2.42. The molecule has 4 N–H and O–H groups in total. The molecule has 13 heteroatoms. The molecule has 0 bridgehead atoms. The molecule has 6 rings (SSSR count). The molecule has 216 valence electrons. The second kappa shape index (κ2) is 10.4. The summed E-state index contributed by atoms with van der Waals surface area (Å²) in [4.78, 5) is 23.3. The number of nitrogens with two attached hydrogens (primary N) is 1. The molecule has 0 amide bonds. The maximum Gasteiger partial charge on any atom is 0.469 e. The maximum absolute atomic E-state index is 14.2. The highest BCUT2D eigenvalue weighted by molar-refractivity contribution is 7.46. The fourth-order valence-corrected chi connectivity index (χ4v) is 7.39. The lowest BCUT2D eigenvalue weighted by molar-refractivity contribution is -0.136. The Balaban J connectivity index is 1.26. The standard InChI is InChI=1S/C28H27F3N3O5PS/c29-28(30,31)22-23(34-39-24(22)16-4-2-1-3-5-16)26-33-21-9-7-18-14-17(6-8-20(18)25(21)41-26)19-10-11-27(32,15-19)12-13-38-40(35,36)37/h1-6,8,14,19H,7,9-13,15,32H2,(H2,35,36,37). The first-order valence-corrected chi connectivity index (χ1v) is 15.5. The normalized spacial score (nSPS) is 20.7. The Bertz CT molecular complexity index is 1630. The second-order valence-electron chi connectivity index (χ2n) is 10.7. The monoisotopic (exact) mass is 605 g/mol. The molecule has 0 aliphatic heterocycles. The number of rotatable bonds is 7. The number of hydrogen-bond donors (Lipinski definition) is 3. The molecule has 2 aliphatic rings. The molecule has 1 fully saturated rings. The molecule has 0 spiro atoms. The zero-order valence-electron chi connectivity index (χ0n) is 21.7. The van der Waals surface area contributed by atoms with Crippen molar-refractivity contribution in [2.24, 2.45) is 5.73 Å². The van der Waals surface area contributed by atoms with Crippen molar-refractivity contribution in [3.63, 3.8) is 0 Å². The fraction of sp³-hybridized carbons (Fsp3) is 0.357.